The number of amides is 1. The molecule has 0 aliphatic heterocycles. The van der Waals surface area contributed by atoms with Gasteiger partial charge in [-0.3, -0.25) is 14.2 Å². The van der Waals surface area contributed by atoms with Crippen molar-refractivity contribution in [2.75, 3.05) is 0 Å². The Balaban J connectivity index is 2.00. The molecular weight excluding hydrogens is 294 g/mol. The molecule has 122 valence electrons. The third kappa shape index (κ3) is 2.93. The maximum atomic E-state index is 12.7. The number of furan rings is 1. The van der Waals surface area contributed by atoms with Crippen molar-refractivity contribution in [1.82, 2.24) is 14.9 Å². The average molecular weight is 315 g/mol. The van der Waals surface area contributed by atoms with Gasteiger partial charge in [0.2, 0.25) is 5.71 Å². The Labute approximate surface area is 134 Å². The first-order valence-corrected chi connectivity index (χ1v) is 8.02. The van der Waals surface area contributed by atoms with Crippen molar-refractivity contribution in [3.8, 4) is 0 Å². The zero-order valence-corrected chi connectivity index (χ0v) is 13.3. The van der Waals surface area contributed by atoms with Crippen LogP contribution in [0.15, 0.2) is 28.2 Å². The first-order valence-electron chi connectivity index (χ1n) is 8.02. The molecule has 6 nitrogen and oxygen atoms in total. The Morgan fingerprint density at radius 1 is 1.48 bits per heavy atom. The first-order chi connectivity index (χ1) is 11.1. The van der Waals surface area contributed by atoms with Gasteiger partial charge in [0.15, 0.2) is 0 Å². The SMILES string of the molecule is C=CCn1cnc2oc(C)c(C(=O)NC3CCCCC3)c2c1=O. The molecule has 0 saturated heterocycles. The van der Waals surface area contributed by atoms with E-state index in [0.717, 1.165) is 25.7 Å². The highest BCUT2D eigenvalue weighted by Gasteiger charge is 2.25. The number of nitrogens with one attached hydrogen (secondary N) is 1. The van der Waals surface area contributed by atoms with Crippen LogP contribution in [0.5, 0.6) is 0 Å². The number of aromatic nitrogens is 2. The topological polar surface area (TPSA) is 77.1 Å². The minimum absolute atomic E-state index is 0.174. The van der Waals surface area contributed by atoms with Crippen molar-refractivity contribution in [3.05, 3.63) is 40.7 Å². The van der Waals surface area contributed by atoms with E-state index in [0.29, 0.717) is 17.9 Å². The van der Waals surface area contributed by atoms with E-state index in [2.05, 4.69) is 16.9 Å². The number of hydrogen-bond acceptors (Lipinski definition) is 4. The lowest BCUT2D eigenvalue weighted by molar-refractivity contribution is 0.0927. The van der Waals surface area contributed by atoms with Crippen LogP contribution in [0.3, 0.4) is 0 Å². The predicted octanol–water partition coefficient (Wildman–Crippen LogP) is 2.55. The summed E-state index contributed by atoms with van der Waals surface area (Å²) in [7, 11) is 0. The van der Waals surface area contributed by atoms with Crippen LogP contribution >= 0.6 is 0 Å². The summed E-state index contributed by atoms with van der Waals surface area (Å²) in [5, 5.41) is 3.29. The van der Waals surface area contributed by atoms with Gasteiger partial charge >= 0.3 is 0 Å². The van der Waals surface area contributed by atoms with Gasteiger partial charge in [-0.1, -0.05) is 25.3 Å². The molecule has 1 amide bonds. The van der Waals surface area contributed by atoms with Gasteiger partial charge in [-0.15, -0.1) is 6.58 Å². The van der Waals surface area contributed by atoms with Crippen molar-refractivity contribution in [3.63, 3.8) is 0 Å². The number of allylic oxidation sites excluding steroid dienone is 1. The summed E-state index contributed by atoms with van der Waals surface area (Å²) in [6, 6.07) is 0.174. The summed E-state index contributed by atoms with van der Waals surface area (Å²) in [6.45, 7) is 5.66. The Hall–Kier alpha value is -2.37. The molecule has 0 atom stereocenters. The molecule has 1 aliphatic rings. The maximum absolute atomic E-state index is 12.7. The Kier molecular flexibility index (Phi) is 4.32. The second kappa shape index (κ2) is 6.40. The summed E-state index contributed by atoms with van der Waals surface area (Å²) in [5.74, 6) is 0.178. The van der Waals surface area contributed by atoms with Crippen molar-refractivity contribution in [1.29, 1.82) is 0 Å². The van der Waals surface area contributed by atoms with Crippen LogP contribution < -0.4 is 10.9 Å². The second-order valence-electron chi connectivity index (χ2n) is 6.01. The highest BCUT2D eigenvalue weighted by atomic mass is 16.3. The largest absolute Gasteiger partial charge is 0.442 e. The molecule has 3 rings (SSSR count). The van der Waals surface area contributed by atoms with Gasteiger partial charge < -0.3 is 9.73 Å². The molecule has 0 bridgehead atoms. The number of aryl methyl sites for hydroxylation is 1. The molecule has 2 heterocycles. The van der Waals surface area contributed by atoms with E-state index >= 15 is 0 Å². The molecule has 1 fully saturated rings. The summed E-state index contributed by atoms with van der Waals surface area (Å²) in [6.07, 6.45) is 8.48. The summed E-state index contributed by atoms with van der Waals surface area (Å²) in [4.78, 5) is 29.4. The summed E-state index contributed by atoms with van der Waals surface area (Å²) < 4.78 is 6.93. The maximum Gasteiger partial charge on any atom is 0.265 e. The van der Waals surface area contributed by atoms with Gasteiger partial charge in [-0.2, -0.15) is 0 Å². The van der Waals surface area contributed by atoms with Crippen LogP contribution in [-0.2, 0) is 6.54 Å². The van der Waals surface area contributed by atoms with Crippen LogP contribution in [0.1, 0.15) is 48.2 Å². The number of fused-ring (bicyclic) bond motifs is 1. The van der Waals surface area contributed by atoms with E-state index in [9.17, 15) is 9.59 Å². The molecule has 0 radical (unpaired) electrons. The standard InChI is InChI=1S/C17H21N3O3/c1-3-9-20-10-18-16-14(17(20)22)13(11(2)23-16)15(21)19-12-7-5-4-6-8-12/h3,10,12H,1,4-9H2,2H3,(H,19,21). The molecule has 1 saturated carbocycles. The molecule has 0 aromatic carbocycles. The van der Waals surface area contributed by atoms with Crippen LogP contribution in [0.25, 0.3) is 11.1 Å². The lowest BCUT2D eigenvalue weighted by atomic mass is 9.95. The Morgan fingerprint density at radius 3 is 2.91 bits per heavy atom. The molecule has 0 spiro atoms. The molecule has 23 heavy (non-hydrogen) atoms. The first kappa shape index (κ1) is 15.5. The zero-order chi connectivity index (χ0) is 16.4. The fraction of sp³-hybridized carbons (Fsp3) is 0.471. The number of carbonyl (C=O) groups excluding carboxylic acids is 1. The highest BCUT2D eigenvalue weighted by molar-refractivity contribution is 6.06. The van der Waals surface area contributed by atoms with Gasteiger partial charge in [0.1, 0.15) is 17.5 Å². The Morgan fingerprint density at radius 2 is 2.22 bits per heavy atom. The molecule has 1 N–H and O–H groups in total. The minimum Gasteiger partial charge on any atom is -0.442 e. The average Bonchev–Trinajstić information content (AvgIpc) is 2.88. The fourth-order valence-electron chi connectivity index (χ4n) is 3.18. The minimum atomic E-state index is -0.277. The van der Waals surface area contributed by atoms with Gasteiger partial charge in [-0.25, -0.2) is 4.98 Å². The quantitative estimate of drug-likeness (QED) is 0.880. The molecule has 6 heteroatoms. The van der Waals surface area contributed by atoms with Crippen LogP contribution in [0.2, 0.25) is 0 Å². The molecule has 2 aromatic rings. The monoisotopic (exact) mass is 315 g/mol. The normalized spacial score (nSPS) is 15.7. The summed E-state index contributed by atoms with van der Waals surface area (Å²) >= 11 is 0. The van der Waals surface area contributed by atoms with E-state index in [1.165, 1.54) is 17.3 Å². The fourth-order valence-corrected chi connectivity index (χ4v) is 3.18. The van der Waals surface area contributed by atoms with E-state index in [1.54, 1.807) is 13.0 Å². The lowest BCUT2D eigenvalue weighted by Crippen LogP contribution is -2.37. The lowest BCUT2D eigenvalue weighted by Gasteiger charge is -2.22. The van der Waals surface area contributed by atoms with Gasteiger partial charge in [0.05, 0.1) is 5.56 Å². The third-order valence-corrected chi connectivity index (χ3v) is 4.35. The molecule has 1 aliphatic carbocycles. The molecule has 0 unspecified atom stereocenters. The van der Waals surface area contributed by atoms with E-state index in [1.807, 2.05) is 0 Å². The van der Waals surface area contributed by atoms with Crippen LogP contribution in [0.4, 0.5) is 0 Å². The zero-order valence-electron chi connectivity index (χ0n) is 13.3. The predicted molar refractivity (Wildman–Crippen MR) is 87.5 cm³/mol. The number of carbonyl (C=O) groups is 1. The van der Waals surface area contributed by atoms with Crippen molar-refractivity contribution in [2.45, 2.75) is 51.6 Å². The van der Waals surface area contributed by atoms with E-state index < -0.39 is 0 Å². The van der Waals surface area contributed by atoms with Gasteiger partial charge in [0.25, 0.3) is 11.5 Å². The van der Waals surface area contributed by atoms with Crippen LogP contribution in [-0.4, -0.2) is 21.5 Å². The van der Waals surface area contributed by atoms with Crippen molar-refractivity contribution < 1.29 is 9.21 Å². The third-order valence-electron chi connectivity index (χ3n) is 4.35. The van der Waals surface area contributed by atoms with E-state index in [4.69, 9.17) is 4.42 Å². The van der Waals surface area contributed by atoms with Gasteiger partial charge in [-0.05, 0) is 19.8 Å². The summed E-state index contributed by atoms with van der Waals surface area (Å²) in [5.41, 5.74) is 0.239. The van der Waals surface area contributed by atoms with E-state index in [-0.39, 0.29) is 28.6 Å². The number of nitrogens with zero attached hydrogens (tertiary/aromatic N) is 2. The highest BCUT2D eigenvalue weighted by Crippen LogP contribution is 2.23. The Bertz CT molecular complexity index is 797. The van der Waals surface area contributed by atoms with Gasteiger partial charge in [0, 0.05) is 12.6 Å². The second-order valence-corrected chi connectivity index (χ2v) is 6.01. The smallest absolute Gasteiger partial charge is 0.265 e. The van der Waals surface area contributed by atoms with Crippen molar-refractivity contribution >= 4 is 17.0 Å². The molecule has 2 aromatic heterocycles. The van der Waals surface area contributed by atoms with Crippen LogP contribution in [0, 0.1) is 6.92 Å². The molecular formula is C17H21N3O3. The number of rotatable bonds is 4. The van der Waals surface area contributed by atoms with Crippen molar-refractivity contribution in [2.24, 2.45) is 0 Å². The number of hydrogen-bond donors (Lipinski definition) is 1.